The van der Waals surface area contributed by atoms with Crippen LogP contribution in [0.5, 0.6) is 0 Å². The Morgan fingerprint density at radius 3 is 2.42 bits per heavy atom. The van der Waals surface area contributed by atoms with E-state index in [1.165, 1.54) is 51.3 Å². The van der Waals surface area contributed by atoms with Crippen LogP contribution in [0.25, 0.3) is 0 Å². The first kappa shape index (κ1) is 22.7. The number of anilines is 1. The largest absolute Gasteiger partial charge is 0.508 e. The fourth-order valence-corrected chi connectivity index (χ4v) is 6.96. The standard InChI is InChI=1S/C27H38N2O4/c1-19-4-3-16-28(19)23-10-7-21(18-23)20-5-8-22(9-6-20)29-17-15-27(25(29)30)13-11-24(12-14-27)33-26(31)32-2/h5-6,8-9,19,21,23-24H,3-4,7,10-18H2,1-2H3. The molecule has 180 valence electrons. The molecule has 6 heteroatoms. The number of carbonyl (C=O) groups excluding carboxylic acids is 2. The molecule has 2 heterocycles. The number of likely N-dealkylation sites (tertiary alicyclic amines) is 1. The predicted molar refractivity (Wildman–Crippen MR) is 127 cm³/mol. The Morgan fingerprint density at radius 1 is 1.00 bits per heavy atom. The topological polar surface area (TPSA) is 59.1 Å². The van der Waals surface area contributed by atoms with E-state index in [-0.39, 0.29) is 17.4 Å². The van der Waals surface area contributed by atoms with Gasteiger partial charge >= 0.3 is 6.16 Å². The minimum absolute atomic E-state index is 0.136. The van der Waals surface area contributed by atoms with E-state index < -0.39 is 6.16 Å². The Balaban J connectivity index is 1.18. The van der Waals surface area contributed by atoms with E-state index >= 15 is 0 Å². The van der Waals surface area contributed by atoms with Gasteiger partial charge in [-0.2, -0.15) is 0 Å². The Morgan fingerprint density at radius 2 is 1.76 bits per heavy atom. The number of hydrogen-bond acceptors (Lipinski definition) is 5. The van der Waals surface area contributed by atoms with E-state index in [1.54, 1.807) is 0 Å². The molecule has 4 aliphatic rings. The molecule has 3 atom stereocenters. The van der Waals surface area contributed by atoms with Gasteiger partial charge in [-0.05, 0) is 101 Å². The van der Waals surface area contributed by atoms with Crippen LogP contribution in [0.15, 0.2) is 24.3 Å². The number of nitrogens with zero attached hydrogens (tertiary/aromatic N) is 2. The Bertz CT molecular complexity index is 861. The second-order valence-corrected chi connectivity index (χ2v) is 10.7. The molecule has 2 saturated heterocycles. The van der Waals surface area contributed by atoms with E-state index in [0.717, 1.165) is 56.4 Å². The fraction of sp³-hybridized carbons (Fsp3) is 0.704. The monoisotopic (exact) mass is 454 g/mol. The molecule has 3 unspecified atom stereocenters. The number of carbonyl (C=O) groups is 2. The summed E-state index contributed by atoms with van der Waals surface area (Å²) in [5.74, 6) is 0.887. The molecule has 1 aromatic carbocycles. The lowest BCUT2D eigenvalue weighted by Crippen LogP contribution is -2.39. The number of benzene rings is 1. The first-order valence-electron chi connectivity index (χ1n) is 12.9. The highest BCUT2D eigenvalue weighted by molar-refractivity contribution is 6.00. The average molecular weight is 455 g/mol. The van der Waals surface area contributed by atoms with Crippen LogP contribution >= 0.6 is 0 Å². The van der Waals surface area contributed by atoms with Gasteiger partial charge in [0.05, 0.1) is 12.5 Å². The minimum Gasteiger partial charge on any atom is -0.438 e. The predicted octanol–water partition coefficient (Wildman–Crippen LogP) is 5.26. The van der Waals surface area contributed by atoms with Crippen molar-refractivity contribution in [2.45, 2.75) is 95.2 Å². The van der Waals surface area contributed by atoms with Crippen molar-refractivity contribution in [2.75, 3.05) is 25.1 Å². The second-order valence-electron chi connectivity index (χ2n) is 10.7. The molecule has 2 saturated carbocycles. The summed E-state index contributed by atoms with van der Waals surface area (Å²) in [7, 11) is 1.33. The molecule has 1 spiro atoms. The van der Waals surface area contributed by atoms with Crippen LogP contribution in [0.4, 0.5) is 10.5 Å². The van der Waals surface area contributed by atoms with Gasteiger partial charge in [0.2, 0.25) is 5.91 Å². The van der Waals surface area contributed by atoms with Crippen LogP contribution in [-0.2, 0) is 14.3 Å². The summed E-state index contributed by atoms with van der Waals surface area (Å²) in [5.41, 5.74) is 2.16. The maximum absolute atomic E-state index is 13.4. The SMILES string of the molecule is COC(=O)OC1CCC2(CC1)CCN(c1ccc(C3CCC(N4CCCC4C)C3)cc1)C2=O. The molecule has 33 heavy (non-hydrogen) atoms. The van der Waals surface area contributed by atoms with Crippen LogP contribution < -0.4 is 4.90 Å². The van der Waals surface area contributed by atoms with E-state index in [9.17, 15) is 9.59 Å². The number of hydrogen-bond donors (Lipinski definition) is 0. The van der Waals surface area contributed by atoms with Gasteiger partial charge in [-0.3, -0.25) is 9.69 Å². The molecular formula is C27H38N2O4. The van der Waals surface area contributed by atoms with Gasteiger partial charge in [-0.15, -0.1) is 0 Å². The normalized spacial score (nSPS) is 34.8. The Labute approximate surface area is 197 Å². The highest BCUT2D eigenvalue weighted by Crippen LogP contribution is 2.47. The van der Waals surface area contributed by atoms with Crippen molar-refractivity contribution in [3.63, 3.8) is 0 Å². The van der Waals surface area contributed by atoms with E-state index in [2.05, 4.69) is 40.8 Å². The molecule has 0 radical (unpaired) electrons. The van der Waals surface area contributed by atoms with Gasteiger partial charge in [0.15, 0.2) is 0 Å². The second kappa shape index (κ2) is 9.28. The van der Waals surface area contributed by atoms with Crippen molar-refractivity contribution >= 4 is 17.7 Å². The zero-order valence-electron chi connectivity index (χ0n) is 20.1. The van der Waals surface area contributed by atoms with Gasteiger partial charge in [-0.25, -0.2) is 4.79 Å². The number of ether oxygens (including phenoxy) is 2. The fourth-order valence-electron chi connectivity index (χ4n) is 6.96. The van der Waals surface area contributed by atoms with Crippen LogP contribution in [0.2, 0.25) is 0 Å². The van der Waals surface area contributed by atoms with Crippen molar-refractivity contribution in [3.05, 3.63) is 29.8 Å². The van der Waals surface area contributed by atoms with Crippen molar-refractivity contribution in [2.24, 2.45) is 5.41 Å². The molecule has 5 rings (SSSR count). The number of amides is 1. The molecule has 1 amide bonds. The third kappa shape index (κ3) is 4.39. The van der Waals surface area contributed by atoms with Gasteiger partial charge in [0, 0.05) is 24.3 Å². The number of methoxy groups -OCH3 is 1. The van der Waals surface area contributed by atoms with Gasteiger partial charge < -0.3 is 14.4 Å². The maximum Gasteiger partial charge on any atom is 0.508 e. The summed E-state index contributed by atoms with van der Waals surface area (Å²) in [6.45, 7) is 4.43. The van der Waals surface area contributed by atoms with Crippen molar-refractivity contribution in [1.82, 2.24) is 4.90 Å². The molecule has 6 nitrogen and oxygen atoms in total. The quantitative estimate of drug-likeness (QED) is 0.581. The van der Waals surface area contributed by atoms with E-state index in [4.69, 9.17) is 4.74 Å². The van der Waals surface area contributed by atoms with E-state index in [1.807, 2.05) is 4.90 Å². The summed E-state index contributed by atoms with van der Waals surface area (Å²) < 4.78 is 9.92. The number of rotatable bonds is 4. The highest BCUT2D eigenvalue weighted by atomic mass is 16.7. The molecular weight excluding hydrogens is 416 g/mol. The first-order chi connectivity index (χ1) is 16.0. The van der Waals surface area contributed by atoms with Crippen LogP contribution in [0, 0.1) is 5.41 Å². The summed E-state index contributed by atoms with van der Waals surface area (Å²) >= 11 is 0. The molecule has 2 aliphatic heterocycles. The molecule has 0 bridgehead atoms. The molecule has 2 aliphatic carbocycles. The Kier molecular flexibility index (Phi) is 6.39. The Hall–Kier alpha value is -2.08. The molecule has 0 aromatic heterocycles. The van der Waals surface area contributed by atoms with E-state index in [0.29, 0.717) is 5.92 Å². The van der Waals surface area contributed by atoms with Crippen molar-refractivity contribution < 1.29 is 19.1 Å². The molecule has 0 N–H and O–H groups in total. The van der Waals surface area contributed by atoms with Gasteiger partial charge in [-0.1, -0.05) is 12.1 Å². The molecule has 4 fully saturated rings. The van der Waals surface area contributed by atoms with Gasteiger partial charge in [0.1, 0.15) is 6.10 Å². The van der Waals surface area contributed by atoms with Crippen molar-refractivity contribution in [3.8, 4) is 0 Å². The maximum atomic E-state index is 13.4. The van der Waals surface area contributed by atoms with Crippen molar-refractivity contribution in [1.29, 1.82) is 0 Å². The zero-order valence-corrected chi connectivity index (χ0v) is 20.1. The lowest BCUT2D eigenvalue weighted by atomic mass is 9.72. The highest BCUT2D eigenvalue weighted by Gasteiger charge is 2.49. The van der Waals surface area contributed by atoms with Gasteiger partial charge in [0.25, 0.3) is 0 Å². The molecule has 1 aromatic rings. The van der Waals surface area contributed by atoms with Crippen LogP contribution in [-0.4, -0.2) is 55.3 Å². The third-order valence-corrected chi connectivity index (χ3v) is 8.99. The zero-order chi connectivity index (χ0) is 23.0. The smallest absolute Gasteiger partial charge is 0.438 e. The lowest BCUT2D eigenvalue weighted by molar-refractivity contribution is -0.128. The average Bonchev–Trinajstić information content (AvgIpc) is 3.56. The van der Waals surface area contributed by atoms with Crippen LogP contribution in [0.1, 0.15) is 82.6 Å². The lowest BCUT2D eigenvalue weighted by Gasteiger charge is -2.35. The third-order valence-electron chi connectivity index (χ3n) is 8.99. The summed E-state index contributed by atoms with van der Waals surface area (Å²) in [4.78, 5) is 29.5. The van der Waals surface area contributed by atoms with Crippen LogP contribution in [0.3, 0.4) is 0 Å². The summed E-state index contributed by atoms with van der Waals surface area (Å²) in [6.07, 6.45) is 9.68. The minimum atomic E-state index is -0.626. The summed E-state index contributed by atoms with van der Waals surface area (Å²) in [6, 6.07) is 10.3. The summed E-state index contributed by atoms with van der Waals surface area (Å²) in [5, 5.41) is 0. The first-order valence-corrected chi connectivity index (χ1v) is 12.9.